The Morgan fingerprint density at radius 1 is 1.50 bits per heavy atom. The van der Waals surface area contributed by atoms with E-state index in [1.54, 1.807) is 6.26 Å². The van der Waals surface area contributed by atoms with Gasteiger partial charge in [-0.25, -0.2) is 0 Å². The molecule has 0 saturated heterocycles. The van der Waals surface area contributed by atoms with Crippen molar-refractivity contribution in [1.29, 1.82) is 0 Å². The summed E-state index contributed by atoms with van der Waals surface area (Å²) in [5.74, 6) is 1.74. The SMILES string of the molecule is CC1CCC(O)(c2ccco2)C(C)C1. The van der Waals surface area contributed by atoms with Crippen molar-refractivity contribution in [2.24, 2.45) is 11.8 Å². The largest absolute Gasteiger partial charge is 0.466 e. The second-order valence-electron chi connectivity index (χ2n) is 4.68. The molecule has 1 N–H and O–H groups in total. The van der Waals surface area contributed by atoms with E-state index in [1.165, 1.54) is 0 Å². The summed E-state index contributed by atoms with van der Waals surface area (Å²) in [5.41, 5.74) is -0.726. The maximum absolute atomic E-state index is 10.5. The predicted molar refractivity (Wildman–Crippen MR) is 54.8 cm³/mol. The highest BCUT2D eigenvalue weighted by Crippen LogP contribution is 2.43. The fourth-order valence-electron chi connectivity index (χ4n) is 2.52. The van der Waals surface area contributed by atoms with Crippen molar-refractivity contribution in [3.63, 3.8) is 0 Å². The highest BCUT2D eigenvalue weighted by atomic mass is 16.4. The number of hydrogen-bond acceptors (Lipinski definition) is 2. The van der Waals surface area contributed by atoms with Gasteiger partial charge in [-0.1, -0.05) is 13.8 Å². The highest BCUT2D eigenvalue weighted by Gasteiger charge is 2.41. The minimum Gasteiger partial charge on any atom is -0.466 e. The molecule has 1 saturated carbocycles. The maximum atomic E-state index is 10.5. The average Bonchev–Trinajstić information content (AvgIpc) is 2.65. The minimum atomic E-state index is -0.726. The maximum Gasteiger partial charge on any atom is 0.135 e. The third kappa shape index (κ3) is 1.48. The van der Waals surface area contributed by atoms with Crippen molar-refractivity contribution in [1.82, 2.24) is 0 Å². The van der Waals surface area contributed by atoms with Crippen LogP contribution in [0.4, 0.5) is 0 Å². The average molecular weight is 194 g/mol. The van der Waals surface area contributed by atoms with Crippen molar-refractivity contribution in [2.45, 2.75) is 38.7 Å². The van der Waals surface area contributed by atoms with Crippen LogP contribution in [0.2, 0.25) is 0 Å². The Hall–Kier alpha value is -0.760. The lowest BCUT2D eigenvalue weighted by atomic mass is 9.71. The first-order valence-electron chi connectivity index (χ1n) is 5.39. The van der Waals surface area contributed by atoms with E-state index in [4.69, 9.17) is 4.42 Å². The molecule has 0 radical (unpaired) electrons. The van der Waals surface area contributed by atoms with Crippen LogP contribution in [-0.4, -0.2) is 5.11 Å². The van der Waals surface area contributed by atoms with Crippen LogP contribution in [0.25, 0.3) is 0 Å². The van der Waals surface area contributed by atoms with E-state index in [0.29, 0.717) is 0 Å². The van der Waals surface area contributed by atoms with Crippen molar-refractivity contribution in [3.05, 3.63) is 24.2 Å². The molecule has 2 rings (SSSR count). The summed E-state index contributed by atoms with van der Waals surface area (Å²) >= 11 is 0. The molecular formula is C12H18O2. The zero-order chi connectivity index (χ0) is 10.2. The Balaban J connectivity index is 2.23. The smallest absolute Gasteiger partial charge is 0.135 e. The lowest BCUT2D eigenvalue weighted by molar-refractivity contribution is -0.0744. The van der Waals surface area contributed by atoms with E-state index in [-0.39, 0.29) is 5.92 Å². The van der Waals surface area contributed by atoms with Gasteiger partial charge in [0.05, 0.1) is 6.26 Å². The molecule has 2 nitrogen and oxygen atoms in total. The lowest BCUT2D eigenvalue weighted by Crippen LogP contribution is -2.38. The van der Waals surface area contributed by atoms with E-state index < -0.39 is 5.60 Å². The Morgan fingerprint density at radius 3 is 2.86 bits per heavy atom. The molecule has 0 amide bonds. The number of aliphatic hydroxyl groups is 1. The summed E-state index contributed by atoms with van der Waals surface area (Å²) in [6.45, 7) is 4.36. The van der Waals surface area contributed by atoms with Gasteiger partial charge in [0.1, 0.15) is 11.4 Å². The van der Waals surface area contributed by atoms with Crippen molar-refractivity contribution >= 4 is 0 Å². The fourth-order valence-corrected chi connectivity index (χ4v) is 2.52. The fraction of sp³-hybridized carbons (Fsp3) is 0.667. The van der Waals surface area contributed by atoms with Gasteiger partial charge < -0.3 is 9.52 Å². The standard InChI is InChI=1S/C12H18O2/c1-9-5-6-12(13,10(2)8-9)11-4-3-7-14-11/h3-4,7,9-10,13H,5-6,8H2,1-2H3. The normalized spacial score (nSPS) is 38.5. The van der Waals surface area contributed by atoms with E-state index >= 15 is 0 Å². The molecule has 1 heterocycles. The molecule has 2 heteroatoms. The number of rotatable bonds is 1. The summed E-state index contributed by atoms with van der Waals surface area (Å²) in [5, 5.41) is 10.5. The van der Waals surface area contributed by atoms with E-state index in [0.717, 1.165) is 30.9 Å². The van der Waals surface area contributed by atoms with Gasteiger partial charge in [-0.3, -0.25) is 0 Å². The van der Waals surface area contributed by atoms with E-state index in [1.807, 2.05) is 12.1 Å². The molecule has 1 aromatic heterocycles. The zero-order valence-electron chi connectivity index (χ0n) is 8.86. The van der Waals surface area contributed by atoms with Crippen LogP contribution in [-0.2, 0) is 5.60 Å². The second-order valence-corrected chi connectivity index (χ2v) is 4.68. The van der Waals surface area contributed by atoms with Gasteiger partial charge in [0.2, 0.25) is 0 Å². The molecule has 0 bridgehead atoms. The third-order valence-electron chi connectivity index (χ3n) is 3.54. The Labute approximate surface area is 84.9 Å². The molecule has 1 fully saturated rings. The van der Waals surface area contributed by atoms with Crippen LogP contribution in [0.5, 0.6) is 0 Å². The molecule has 14 heavy (non-hydrogen) atoms. The molecule has 0 aromatic carbocycles. The summed E-state index contributed by atoms with van der Waals surface area (Å²) in [7, 11) is 0. The topological polar surface area (TPSA) is 33.4 Å². The molecule has 3 atom stereocenters. The Bertz CT molecular complexity index is 291. The van der Waals surface area contributed by atoms with Gasteiger partial charge in [0.25, 0.3) is 0 Å². The first-order valence-corrected chi connectivity index (χ1v) is 5.39. The van der Waals surface area contributed by atoms with Crippen LogP contribution < -0.4 is 0 Å². The van der Waals surface area contributed by atoms with Gasteiger partial charge in [-0.2, -0.15) is 0 Å². The van der Waals surface area contributed by atoms with Crippen LogP contribution >= 0.6 is 0 Å². The van der Waals surface area contributed by atoms with Crippen molar-refractivity contribution < 1.29 is 9.52 Å². The van der Waals surface area contributed by atoms with Crippen LogP contribution in [0.1, 0.15) is 38.9 Å². The van der Waals surface area contributed by atoms with E-state index in [2.05, 4.69) is 13.8 Å². The monoisotopic (exact) mass is 194 g/mol. The number of hydrogen-bond donors (Lipinski definition) is 1. The van der Waals surface area contributed by atoms with Crippen molar-refractivity contribution in [2.75, 3.05) is 0 Å². The second kappa shape index (κ2) is 3.43. The van der Waals surface area contributed by atoms with Gasteiger partial charge >= 0.3 is 0 Å². The third-order valence-corrected chi connectivity index (χ3v) is 3.54. The first kappa shape index (κ1) is 9.78. The molecule has 3 unspecified atom stereocenters. The minimum absolute atomic E-state index is 0.289. The van der Waals surface area contributed by atoms with Crippen LogP contribution in [0.15, 0.2) is 22.8 Å². The molecule has 0 aliphatic heterocycles. The van der Waals surface area contributed by atoms with E-state index in [9.17, 15) is 5.11 Å². The summed E-state index contributed by atoms with van der Waals surface area (Å²) < 4.78 is 5.33. The van der Waals surface area contributed by atoms with Gasteiger partial charge in [-0.05, 0) is 43.2 Å². The predicted octanol–water partition coefficient (Wildman–Crippen LogP) is 2.92. The molecule has 1 aromatic rings. The Morgan fingerprint density at radius 2 is 2.29 bits per heavy atom. The van der Waals surface area contributed by atoms with Gasteiger partial charge in [0.15, 0.2) is 0 Å². The Kier molecular flexibility index (Phi) is 2.40. The van der Waals surface area contributed by atoms with Crippen molar-refractivity contribution in [3.8, 4) is 0 Å². The highest BCUT2D eigenvalue weighted by molar-refractivity contribution is 5.12. The summed E-state index contributed by atoms with van der Waals surface area (Å²) in [6.07, 6.45) is 4.62. The van der Waals surface area contributed by atoms with Crippen LogP contribution in [0, 0.1) is 11.8 Å². The van der Waals surface area contributed by atoms with Gasteiger partial charge in [-0.15, -0.1) is 0 Å². The van der Waals surface area contributed by atoms with Gasteiger partial charge in [0, 0.05) is 0 Å². The molecule has 1 aliphatic carbocycles. The summed E-state index contributed by atoms with van der Waals surface area (Å²) in [6, 6.07) is 3.73. The first-order chi connectivity index (χ1) is 6.63. The molecule has 1 aliphatic rings. The molecule has 78 valence electrons. The summed E-state index contributed by atoms with van der Waals surface area (Å²) in [4.78, 5) is 0. The quantitative estimate of drug-likeness (QED) is 0.745. The van der Waals surface area contributed by atoms with Crippen LogP contribution in [0.3, 0.4) is 0 Å². The lowest BCUT2D eigenvalue weighted by Gasteiger charge is -2.39. The molecular weight excluding hydrogens is 176 g/mol. The molecule has 0 spiro atoms. The zero-order valence-corrected chi connectivity index (χ0v) is 8.86. The number of furan rings is 1.